The molecular weight excluding hydrogens is 244 g/mol. The summed E-state index contributed by atoms with van der Waals surface area (Å²) in [6.45, 7) is 2.38. The maximum absolute atomic E-state index is 11.2. The third-order valence-electron chi connectivity index (χ3n) is 2.91. The fourth-order valence-electron chi connectivity index (χ4n) is 1.79. The first-order valence-electron chi connectivity index (χ1n) is 6.00. The molecule has 19 heavy (non-hydrogen) atoms. The molecule has 3 N–H and O–H groups in total. The Kier molecular flexibility index (Phi) is 4.25. The minimum Gasteiger partial charge on any atom is -0.480 e. The summed E-state index contributed by atoms with van der Waals surface area (Å²) in [5.74, 6) is -0.886. The summed E-state index contributed by atoms with van der Waals surface area (Å²) in [5, 5.41) is 12.2. The van der Waals surface area contributed by atoms with E-state index in [2.05, 4.69) is 20.3 Å². The van der Waals surface area contributed by atoms with Crippen molar-refractivity contribution in [1.29, 1.82) is 0 Å². The monoisotopic (exact) mass is 260 g/mol. The predicted molar refractivity (Wildman–Crippen MR) is 69.5 cm³/mol. The van der Waals surface area contributed by atoms with E-state index in [9.17, 15) is 9.90 Å². The molecule has 2 heterocycles. The summed E-state index contributed by atoms with van der Waals surface area (Å²) < 4.78 is 0. The number of carboxylic acids is 1. The average Bonchev–Trinajstić information content (AvgIpc) is 2.88. The zero-order chi connectivity index (χ0) is 13.7. The lowest BCUT2D eigenvalue weighted by Crippen LogP contribution is -2.38. The van der Waals surface area contributed by atoms with Crippen LogP contribution in [0.3, 0.4) is 0 Å². The lowest BCUT2D eigenvalue weighted by Gasteiger charge is -2.14. The van der Waals surface area contributed by atoms with E-state index in [1.54, 1.807) is 12.4 Å². The highest BCUT2D eigenvalue weighted by molar-refractivity contribution is 5.73. The Morgan fingerprint density at radius 2 is 2.42 bits per heavy atom. The quantitative estimate of drug-likeness (QED) is 0.717. The molecule has 0 amide bonds. The van der Waals surface area contributed by atoms with Crippen LogP contribution >= 0.6 is 0 Å². The highest BCUT2D eigenvalue weighted by atomic mass is 16.4. The zero-order valence-electron chi connectivity index (χ0n) is 10.6. The van der Waals surface area contributed by atoms with Crippen molar-refractivity contribution in [2.45, 2.75) is 25.9 Å². The van der Waals surface area contributed by atoms with Crippen LogP contribution in [0.5, 0.6) is 0 Å². The molecule has 6 heteroatoms. The number of aliphatic carboxylic acids is 1. The van der Waals surface area contributed by atoms with Crippen LogP contribution < -0.4 is 5.32 Å². The molecule has 0 aliphatic rings. The largest absolute Gasteiger partial charge is 0.480 e. The first-order chi connectivity index (χ1) is 9.16. The van der Waals surface area contributed by atoms with E-state index in [-0.39, 0.29) is 0 Å². The third-order valence-corrected chi connectivity index (χ3v) is 2.91. The highest BCUT2D eigenvalue weighted by Crippen LogP contribution is 2.04. The van der Waals surface area contributed by atoms with Gasteiger partial charge in [-0.15, -0.1) is 0 Å². The Morgan fingerprint density at radius 3 is 3.05 bits per heavy atom. The Morgan fingerprint density at radius 1 is 1.58 bits per heavy atom. The van der Waals surface area contributed by atoms with Crippen LogP contribution in [0, 0.1) is 6.92 Å². The molecule has 0 bridgehead atoms. The molecule has 2 aromatic rings. The number of nitrogens with zero attached hydrogens (tertiary/aromatic N) is 2. The number of imidazole rings is 1. The number of H-pyrrole nitrogens is 1. The smallest absolute Gasteiger partial charge is 0.321 e. The van der Waals surface area contributed by atoms with E-state index in [1.807, 2.05) is 19.1 Å². The van der Waals surface area contributed by atoms with Crippen molar-refractivity contribution < 1.29 is 9.90 Å². The molecule has 0 aliphatic carbocycles. The van der Waals surface area contributed by atoms with Crippen LogP contribution in [0.25, 0.3) is 0 Å². The minimum absolute atomic E-state index is 0.362. The average molecular weight is 260 g/mol. The molecule has 100 valence electrons. The first-order valence-corrected chi connectivity index (χ1v) is 6.00. The maximum atomic E-state index is 11.2. The second kappa shape index (κ2) is 6.10. The maximum Gasteiger partial charge on any atom is 0.321 e. The Balaban J connectivity index is 1.98. The number of aryl methyl sites for hydroxylation is 1. The molecule has 2 rings (SSSR count). The van der Waals surface area contributed by atoms with Gasteiger partial charge < -0.3 is 10.1 Å². The molecule has 0 aromatic carbocycles. The lowest BCUT2D eigenvalue weighted by atomic mass is 10.1. The van der Waals surface area contributed by atoms with Crippen molar-refractivity contribution in [3.8, 4) is 0 Å². The normalized spacial score (nSPS) is 12.3. The summed E-state index contributed by atoms with van der Waals surface area (Å²) in [5.41, 5.74) is 2.69. The number of hydrogen-bond acceptors (Lipinski definition) is 4. The van der Waals surface area contributed by atoms with Gasteiger partial charge in [-0.2, -0.15) is 0 Å². The van der Waals surface area contributed by atoms with Crippen LogP contribution in [0.1, 0.15) is 17.0 Å². The molecule has 0 radical (unpaired) electrons. The first kappa shape index (κ1) is 13.2. The molecular formula is C13H16N4O2. The van der Waals surface area contributed by atoms with E-state index < -0.39 is 12.0 Å². The molecule has 0 spiro atoms. The van der Waals surface area contributed by atoms with Crippen LogP contribution in [-0.4, -0.2) is 32.1 Å². The summed E-state index contributed by atoms with van der Waals surface area (Å²) >= 11 is 0. The van der Waals surface area contributed by atoms with Gasteiger partial charge in [-0.1, -0.05) is 6.07 Å². The highest BCUT2D eigenvalue weighted by Gasteiger charge is 2.18. The van der Waals surface area contributed by atoms with Gasteiger partial charge in [0.25, 0.3) is 0 Å². The van der Waals surface area contributed by atoms with Crippen molar-refractivity contribution in [3.05, 3.63) is 47.8 Å². The van der Waals surface area contributed by atoms with Gasteiger partial charge >= 0.3 is 5.97 Å². The molecule has 0 fully saturated rings. The van der Waals surface area contributed by atoms with E-state index in [0.29, 0.717) is 13.0 Å². The number of carboxylic acid groups (broad SMARTS) is 1. The second-order valence-corrected chi connectivity index (χ2v) is 4.32. The fourth-order valence-corrected chi connectivity index (χ4v) is 1.79. The minimum atomic E-state index is -0.886. The fraction of sp³-hybridized carbons (Fsp3) is 0.308. The number of aromatic amines is 1. The van der Waals surface area contributed by atoms with E-state index in [0.717, 1.165) is 17.0 Å². The summed E-state index contributed by atoms with van der Waals surface area (Å²) in [4.78, 5) is 22.2. The number of rotatable bonds is 6. The number of aromatic nitrogens is 3. The van der Waals surface area contributed by atoms with E-state index in [4.69, 9.17) is 0 Å². The second-order valence-electron chi connectivity index (χ2n) is 4.32. The molecule has 0 unspecified atom stereocenters. The number of hydrogen-bond donors (Lipinski definition) is 3. The summed E-state index contributed by atoms with van der Waals surface area (Å²) in [6.07, 6.45) is 5.23. The van der Waals surface area contributed by atoms with Crippen LogP contribution in [0.4, 0.5) is 0 Å². The Bertz CT molecular complexity index is 539. The van der Waals surface area contributed by atoms with Gasteiger partial charge in [-0.25, -0.2) is 4.98 Å². The van der Waals surface area contributed by atoms with Crippen LogP contribution in [0.15, 0.2) is 30.9 Å². The number of nitrogens with one attached hydrogen (secondary N) is 2. The number of carbonyl (C=O) groups is 1. The van der Waals surface area contributed by atoms with Gasteiger partial charge in [0.05, 0.1) is 12.0 Å². The molecule has 6 nitrogen and oxygen atoms in total. The van der Waals surface area contributed by atoms with Crippen LogP contribution in [0.2, 0.25) is 0 Å². The zero-order valence-corrected chi connectivity index (χ0v) is 10.6. The lowest BCUT2D eigenvalue weighted by molar-refractivity contribution is -0.139. The van der Waals surface area contributed by atoms with Gasteiger partial charge in [0.15, 0.2) is 0 Å². The van der Waals surface area contributed by atoms with Crippen molar-refractivity contribution in [2.75, 3.05) is 0 Å². The van der Waals surface area contributed by atoms with Gasteiger partial charge in [0.2, 0.25) is 0 Å². The van der Waals surface area contributed by atoms with Crippen molar-refractivity contribution in [1.82, 2.24) is 20.3 Å². The Hall–Kier alpha value is -2.21. The van der Waals surface area contributed by atoms with E-state index >= 15 is 0 Å². The van der Waals surface area contributed by atoms with Crippen LogP contribution in [-0.2, 0) is 17.8 Å². The predicted octanol–water partition coefficient (Wildman–Crippen LogP) is 0.899. The number of pyridine rings is 1. The topological polar surface area (TPSA) is 90.9 Å². The van der Waals surface area contributed by atoms with Crippen molar-refractivity contribution >= 4 is 5.97 Å². The van der Waals surface area contributed by atoms with Gasteiger partial charge in [-0.05, 0) is 18.6 Å². The Labute approximate surface area is 110 Å². The molecule has 0 saturated carbocycles. The molecule has 0 aliphatic heterocycles. The third kappa shape index (κ3) is 3.62. The van der Waals surface area contributed by atoms with Crippen molar-refractivity contribution in [2.24, 2.45) is 0 Å². The summed E-state index contributed by atoms with van der Waals surface area (Å²) in [6, 6.07) is 3.15. The molecule has 2 aromatic heterocycles. The standard InChI is InChI=1S/C13H16N4O2/c1-9-3-2-4-15-12(9)7-16-11(13(18)19)5-10-6-14-8-17-10/h2-4,6,8,11,16H,5,7H2,1H3,(H,14,17)(H,18,19)/t11-/m0/s1. The van der Waals surface area contributed by atoms with Gasteiger partial charge in [0, 0.05) is 31.1 Å². The van der Waals surface area contributed by atoms with Crippen molar-refractivity contribution in [3.63, 3.8) is 0 Å². The molecule has 1 atom stereocenters. The van der Waals surface area contributed by atoms with E-state index in [1.165, 1.54) is 6.33 Å². The van der Waals surface area contributed by atoms with Gasteiger partial charge in [-0.3, -0.25) is 15.1 Å². The SMILES string of the molecule is Cc1cccnc1CN[C@@H](Cc1cnc[nH]1)C(=O)O. The summed E-state index contributed by atoms with van der Waals surface area (Å²) in [7, 11) is 0. The molecule has 0 saturated heterocycles. The van der Waals surface area contributed by atoms with Gasteiger partial charge in [0.1, 0.15) is 6.04 Å².